The molecule has 0 amide bonds. The third-order valence-electron chi connectivity index (χ3n) is 16.3. The van der Waals surface area contributed by atoms with E-state index >= 15 is 0 Å². The Hall–Kier alpha value is -1.94. The van der Waals surface area contributed by atoms with E-state index in [2.05, 4.69) is 55.4 Å². The predicted octanol–water partition coefficient (Wildman–Crippen LogP) is 18.9. The van der Waals surface area contributed by atoms with E-state index in [1.54, 1.807) is 0 Å². The molecular weight excluding hydrogens is 1150 g/mol. The summed E-state index contributed by atoms with van der Waals surface area (Å²) < 4.78 is 68.2. The van der Waals surface area contributed by atoms with Crippen molar-refractivity contribution in [2.75, 3.05) is 39.6 Å². The van der Waals surface area contributed by atoms with Crippen molar-refractivity contribution >= 4 is 39.5 Å². The average molecular weight is 1280 g/mol. The first-order valence-electron chi connectivity index (χ1n) is 35.3. The van der Waals surface area contributed by atoms with Crippen LogP contribution in [0.15, 0.2) is 0 Å². The topological polar surface area (TPSA) is 237 Å². The highest BCUT2D eigenvalue weighted by Crippen LogP contribution is 2.45. The number of hydrogen-bond acceptors (Lipinski definition) is 15. The van der Waals surface area contributed by atoms with Gasteiger partial charge in [0, 0.05) is 25.7 Å². The molecule has 0 saturated heterocycles. The number of carbonyl (C=O) groups is 4. The molecule has 87 heavy (non-hydrogen) atoms. The first kappa shape index (κ1) is 85.1. The van der Waals surface area contributed by atoms with Crippen molar-refractivity contribution in [1.82, 2.24) is 0 Å². The number of unbranched alkanes of at least 4 members (excludes halogenated alkanes) is 29. The molecule has 516 valence electrons. The Kier molecular flexibility index (Phi) is 56.6. The second kappa shape index (κ2) is 57.9. The molecule has 0 spiro atoms. The monoisotopic (exact) mass is 1280 g/mol. The van der Waals surface area contributed by atoms with E-state index in [9.17, 15) is 43.2 Å². The van der Waals surface area contributed by atoms with Crippen LogP contribution in [0.1, 0.15) is 331 Å². The van der Waals surface area contributed by atoms with E-state index in [1.807, 2.05) is 0 Å². The van der Waals surface area contributed by atoms with E-state index in [0.29, 0.717) is 25.7 Å². The van der Waals surface area contributed by atoms with Gasteiger partial charge in [-0.3, -0.25) is 37.3 Å². The Balaban J connectivity index is 5.27. The van der Waals surface area contributed by atoms with Gasteiger partial charge in [-0.25, -0.2) is 9.13 Å². The summed E-state index contributed by atoms with van der Waals surface area (Å²) in [5.74, 6) is 0.863. The lowest BCUT2D eigenvalue weighted by Crippen LogP contribution is -2.30. The average Bonchev–Trinajstić information content (AvgIpc) is 3.69. The molecule has 0 aliphatic carbocycles. The zero-order valence-electron chi connectivity index (χ0n) is 56.6. The van der Waals surface area contributed by atoms with Crippen LogP contribution in [0, 0.1) is 23.7 Å². The van der Waals surface area contributed by atoms with Gasteiger partial charge >= 0.3 is 39.5 Å². The normalized spacial score (nSPS) is 15.0. The maximum atomic E-state index is 13.0. The number of aliphatic hydroxyl groups is 1. The minimum Gasteiger partial charge on any atom is -0.462 e. The number of esters is 4. The number of carbonyl (C=O) groups excluding carboxylic acids is 4. The number of phosphoric ester groups is 2. The predicted molar refractivity (Wildman–Crippen MR) is 349 cm³/mol. The molecule has 0 aromatic carbocycles. The molecule has 19 heteroatoms. The Morgan fingerprint density at radius 3 is 0.816 bits per heavy atom. The van der Waals surface area contributed by atoms with Crippen LogP contribution in [-0.4, -0.2) is 96.7 Å². The summed E-state index contributed by atoms with van der Waals surface area (Å²) in [4.78, 5) is 72.4. The van der Waals surface area contributed by atoms with Crippen LogP contribution < -0.4 is 0 Å². The summed E-state index contributed by atoms with van der Waals surface area (Å²) in [5, 5.41) is 10.6. The van der Waals surface area contributed by atoms with E-state index in [1.165, 1.54) is 128 Å². The molecule has 0 rings (SSSR count). The Morgan fingerprint density at radius 1 is 0.322 bits per heavy atom. The van der Waals surface area contributed by atoms with Crippen molar-refractivity contribution in [3.63, 3.8) is 0 Å². The van der Waals surface area contributed by atoms with Crippen LogP contribution in [0.5, 0.6) is 0 Å². The van der Waals surface area contributed by atoms with Gasteiger partial charge in [0.15, 0.2) is 12.2 Å². The van der Waals surface area contributed by atoms with Crippen LogP contribution in [0.25, 0.3) is 0 Å². The second-order valence-electron chi connectivity index (χ2n) is 26.0. The summed E-state index contributed by atoms with van der Waals surface area (Å²) in [6, 6.07) is 0. The Morgan fingerprint density at radius 2 is 0.552 bits per heavy atom. The second-order valence-corrected chi connectivity index (χ2v) is 28.9. The SMILES string of the molecule is CCC(C)CCCCCCCCCCCCC(=O)O[C@H](COC(=O)CCCCCCCCC(C)CC)COP(=O)(O)OCC(O)COP(=O)(O)OC[C@@H](COC(=O)CCCCCCCCCCC(C)C)OC(=O)CCCCCCCCCCCC(C)C. The van der Waals surface area contributed by atoms with Crippen LogP contribution in [0.3, 0.4) is 0 Å². The van der Waals surface area contributed by atoms with E-state index in [4.69, 9.17) is 37.0 Å². The summed E-state index contributed by atoms with van der Waals surface area (Å²) in [7, 11) is -9.90. The van der Waals surface area contributed by atoms with Crippen LogP contribution in [0.2, 0.25) is 0 Å². The third kappa shape index (κ3) is 60.1. The minimum atomic E-state index is -4.95. The summed E-state index contributed by atoms with van der Waals surface area (Å²) >= 11 is 0. The van der Waals surface area contributed by atoms with E-state index in [0.717, 1.165) is 120 Å². The molecule has 0 aromatic heterocycles. The van der Waals surface area contributed by atoms with Crippen molar-refractivity contribution in [2.24, 2.45) is 23.7 Å². The summed E-state index contributed by atoms with van der Waals surface area (Å²) in [6.45, 7) is 14.1. The highest BCUT2D eigenvalue weighted by atomic mass is 31.2. The fourth-order valence-electron chi connectivity index (χ4n) is 10.1. The van der Waals surface area contributed by atoms with E-state index in [-0.39, 0.29) is 25.7 Å². The molecule has 0 aromatic rings. The zero-order valence-corrected chi connectivity index (χ0v) is 58.4. The fourth-order valence-corrected chi connectivity index (χ4v) is 11.7. The third-order valence-corrected chi connectivity index (χ3v) is 18.2. The number of rotatable bonds is 65. The van der Waals surface area contributed by atoms with Crippen LogP contribution in [0.4, 0.5) is 0 Å². The number of hydrogen-bond donors (Lipinski definition) is 3. The fraction of sp³-hybridized carbons (Fsp3) is 0.941. The first-order chi connectivity index (χ1) is 41.7. The lowest BCUT2D eigenvalue weighted by atomic mass is 9.99. The summed E-state index contributed by atoms with van der Waals surface area (Å²) in [6.07, 6.45) is 38.9. The molecule has 0 heterocycles. The molecular formula is C68H132O17P2. The first-order valence-corrected chi connectivity index (χ1v) is 38.3. The molecule has 0 bridgehead atoms. The Labute approximate surface area is 530 Å². The van der Waals surface area contributed by atoms with Gasteiger partial charge in [-0.2, -0.15) is 0 Å². The molecule has 5 unspecified atom stereocenters. The van der Waals surface area contributed by atoms with Gasteiger partial charge in [-0.05, 0) is 49.4 Å². The lowest BCUT2D eigenvalue weighted by molar-refractivity contribution is -0.161. The standard InChI is InChI=1S/C68H132O17P2/c1-9-60(7)46-38-30-22-15-11-12-16-24-34-42-50-67(72)85-64(55-79-66(71)49-41-33-27-26-31-39-47-61(8)10-2)57-83-87(76,77)81-53-62(69)52-80-86(74,75)82-56-63(54-78-65(70)48-40-32-23-19-18-21-29-37-45-59(5)6)84-68(73)51-43-35-25-17-13-14-20-28-36-44-58(3)4/h58-64,69H,9-57H2,1-8H3,(H,74,75)(H,76,77)/t60?,61?,62?,63-,64-/m1/s1. The van der Waals surface area contributed by atoms with Gasteiger partial charge < -0.3 is 33.8 Å². The highest BCUT2D eigenvalue weighted by molar-refractivity contribution is 7.47. The highest BCUT2D eigenvalue weighted by Gasteiger charge is 2.30. The zero-order chi connectivity index (χ0) is 64.7. The minimum absolute atomic E-state index is 0.104. The van der Waals surface area contributed by atoms with Crippen molar-refractivity contribution < 1.29 is 80.2 Å². The number of aliphatic hydroxyl groups excluding tert-OH is 1. The van der Waals surface area contributed by atoms with Gasteiger partial charge in [0.1, 0.15) is 19.3 Å². The molecule has 3 N–H and O–H groups in total. The van der Waals surface area contributed by atoms with Gasteiger partial charge in [0.05, 0.1) is 26.4 Å². The maximum Gasteiger partial charge on any atom is 0.472 e. The lowest BCUT2D eigenvalue weighted by Gasteiger charge is -2.21. The number of phosphoric acid groups is 2. The molecule has 0 aliphatic rings. The van der Waals surface area contributed by atoms with Crippen molar-refractivity contribution in [2.45, 2.75) is 350 Å². The molecule has 7 atom stereocenters. The van der Waals surface area contributed by atoms with Crippen molar-refractivity contribution in [3.05, 3.63) is 0 Å². The van der Waals surface area contributed by atoms with Crippen LogP contribution in [-0.2, 0) is 65.4 Å². The molecule has 0 radical (unpaired) electrons. The largest absolute Gasteiger partial charge is 0.472 e. The molecule has 17 nitrogen and oxygen atoms in total. The smallest absolute Gasteiger partial charge is 0.462 e. The molecule has 0 fully saturated rings. The quantitative estimate of drug-likeness (QED) is 0.0222. The molecule has 0 saturated carbocycles. The van der Waals surface area contributed by atoms with Crippen molar-refractivity contribution in [1.29, 1.82) is 0 Å². The number of ether oxygens (including phenoxy) is 4. The van der Waals surface area contributed by atoms with Crippen molar-refractivity contribution in [3.8, 4) is 0 Å². The maximum absolute atomic E-state index is 13.0. The molecule has 0 aliphatic heterocycles. The van der Waals surface area contributed by atoms with Gasteiger partial charge in [-0.15, -0.1) is 0 Å². The van der Waals surface area contributed by atoms with E-state index < -0.39 is 97.5 Å². The van der Waals surface area contributed by atoms with Gasteiger partial charge in [-0.1, -0.05) is 280 Å². The summed E-state index contributed by atoms with van der Waals surface area (Å²) in [5.41, 5.74) is 0. The van der Waals surface area contributed by atoms with Gasteiger partial charge in [0.25, 0.3) is 0 Å². The van der Waals surface area contributed by atoms with Gasteiger partial charge in [0.2, 0.25) is 0 Å². The Bertz CT molecular complexity index is 1730. The van der Waals surface area contributed by atoms with Crippen LogP contribution >= 0.6 is 15.6 Å².